The van der Waals surface area contributed by atoms with Crippen molar-refractivity contribution in [1.82, 2.24) is 5.32 Å². The highest BCUT2D eigenvalue weighted by molar-refractivity contribution is 9.10. The molecule has 0 bridgehead atoms. The Bertz CT molecular complexity index is 733. The van der Waals surface area contributed by atoms with Crippen LogP contribution in [-0.4, -0.2) is 6.04 Å². The van der Waals surface area contributed by atoms with Gasteiger partial charge in [-0.1, -0.05) is 70.9 Å². The lowest BCUT2D eigenvalue weighted by Gasteiger charge is -2.18. The molecule has 1 aliphatic rings. The highest BCUT2D eigenvalue weighted by Gasteiger charge is 2.13. The molecule has 0 aromatic heterocycles. The van der Waals surface area contributed by atoms with Crippen LogP contribution in [0.1, 0.15) is 49.7 Å². The van der Waals surface area contributed by atoms with E-state index in [0.29, 0.717) is 22.7 Å². The van der Waals surface area contributed by atoms with Crippen molar-refractivity contribution in [2.45, 2.75) is 57.7 Å². The Morgan fingerprint density at radius 1 is 0.963 bits per heavy atom. The van der Waals surface area contributed by atoms with Gasteiger partial charge in [0.25, 0.3) is 0 Å². The Morgan fingerprint density at radius 3 is 2.41 bits per heavy atom. The maximum Gasteiger partial charge on any atom is 0.124 e. The van der Waals surface area contributed by atoms with Gasteiger partial charge in [0.05, 0.1) is 0 Å². The van der Waals surface area contributed by atoms with E-state index < -0.39 is 0 Å². The van der Waals surface area contributed by atoms with Crippen LogP contribution in [0.3, 0.4) is 0 Å². The van der Waals surface area contributed by atoms with Crippen LogP contribution in [0.4, 0.5) is 0 Å². The third-order valence-electron chi connectivity index (χ3n) is 4.86. The van der Waals surface area contributed by atoms with Crippen LogP contribution in [0, 0.1) is 0 Å². The molecule has 2 nitrogen and oxygen atoms in total. The predicted molar refractivity (Wildman–Crippen MR) is 121 cm³/mol. The standard InChI is InChI=1S/C21H24BrCl2NO.ClH/c22-17-8-10-21(26-14-15-7-9-18(23)12-20(15)24)16(11-17)13-25-19-5-3-1-2-4-6-19;/h7-12,19,25H,1-6,13-14H2;1H. The summed E-state index contributed by atoms with van der Waals surface area (Å²) in [5.41, 5.74) is 2.09. The fraction of sp³-hybridized carbons (Fsp3) is 0.429. The number of rotatable bonds is 6. The second-order valence-electron chi connectivity index (χ2n) is 6.85. The number of benzene rings is 2. The summed E-state index contributed by atoms with van der Waals surface area (Å²) >= 11 is 15.8. The molecule has 0 saturated heterocycles. The number of halogens is 4. The maximum absolute atomic E-state index is 6.25. The Balaban J connectivity index is 0.00000261. The largest absolute Gasteiger partial charge is 0.489 e. The van der Waals surface area contributed by atoms with Crippen molar-refractivity contribution in [3.8, 4) is 5.75 Å². The lowest BCUT2D eigenvalue weighted by atomic mass is 10.1. The lowest BCUT2D eigenvalue weighted by molar-refractivity contribution is 0.301. The van der Waals surface area contributed by atoms with Crippen molar-refractivity contribution in [3.05, 3.63) is 62.0 Å². The number of hydrogen-bond donors (Lipinski definition) is 1. The molecule has 0 aliphatic heterocycles. The second-order valence-corrected chi connectivity index (χ2v) is 8.61. The Morgan fingerprint density at radius 2 is 1.70 bits per heavy atom. The van der Waals surface area contributed by atoms with Crippen LogP contribution >= 0.6 is 51.5 Å². The van der Waals surface area contributed by atoms with Gasteiger partial charge in [0, 0.05) is 38.2 Å². The molecule has 1 fully saturated rings. The summed E-state index contributed by atoms with van der Waals surface area (Å²) in [6.07, 6.45) is 7.93. The smallest absolute Gasteiger partial charge is 0.124 e. The molecule has 3 rings (SSSR count). The van der Waals surface area contributed by atoms with E-state index in [2.05, 4.69) is 27.3 Å². The summed E-state index contributed by atoms with van der Waals surface area (Å²) in [5.74, 6) is 0.889. The van der Waals surface area contributed by atoms with Crippen molar-refractivity contribution in [2.24, 2.45) is 0 Å². The monoisotopic (exact) mass is 491 g/mol. The molecule has 148 valence electrons. The minimum atomic E-state index is 0. The third-order valence-corrected chi connectivity index (χ3v) is 5.94. The fourth-order valence-electron chi connectivity index (χ4n) is 3.36. The molecule has 1 aliphatic carbocycles. The molecule has 0 unspecified atom stereocenters. The normalized spacial score (nSPS) is 15.1. The molecule has 0 amide bonds. The van der Waals surface area contributed by atoms with Gasteiger partial charge in [-0.25, -0.2) is 0 Å². The van der Waals surface area contributed by atoms with Crippen molar-refractivity contribution < 1.29 is 4.74 Å². The fourth-order valence-corrected chi connectivity index (χ4v) is 4.23. The highest BCUT2D eigenvalue weighted by Crippen LogP contribution is 2.27. The SMILES string of the molecule is Cl.Clc1ccc(COc2ccc(Br)cc2CNC2CCCCCC2)c(Cl)c1. The van der Waals surface area contributed by atoms with E-state index in [1.807, 2.05) is 24.3 Å². The number of hydrogen-bond acceptors (Lipinski definition) is 2. The van der Waals surface area contributed by atoms with E-state index in [4.69, 9.17) is 27.9 Å². The van der Waals surface area contributed by atoms with E-state index in [1.54, 1.807) is 6.07 Å². The predicted octanol–water partition coefficient (Wildman–Crippen LogP) is 7.57. The van der Waals surface area contributed by atoms with Crippen molar-refractivity contribution in [1.29, 1.82) is 0 Å². The summed E-state index contributed by atoms with van der Waals surface area (Å²) in [5, 5.41) is 4.99. The molecule has 1 N–H and O–H groups in total. The van der Waals surface area contributed by atoms with Gasteiger partial charge in [0.1, 0.15) is 12.4 Å². The lowest BCUT2D eigenvalue weighted by Crippen LogP contribution is -2.28. The van der Waals surface area contributed by atoms with Gasteiger partial charge in [-0.3, -0.25) is 0 Å². The Labute approximate surface area is 186 Å². The van der Waals surface area contributed by atoms with E-state index in [1.165, 1.54) is 38.5 Å². The van der Waals surface area contributed by atoms with Crippen molar-refractivity contribution >= 4 is 51.5 Å². The molecule has 1 saturated carbocycles. The summed E-state index contributed by atoms with van der Waals surface area (Å²) in [7, 11) is 0. The van der Waals surface area contributed by atoms with Crippen LogP contribution in [0.5, 0.6) is 5.75 Å². The average molecular weight is 494 g/mol. The average Bonchev–Trinajstić information content (AvgIpc) is 2.89. The topological polar surface area (TPSA) is 21.3 Å². The van der Waals surface area contributed by atoms with Gasteiger partial charge in [-0.15, -0.1) is 12.4 Å². The van der Waals surface area contributed by atoms with Crippen LogP contribution in [-0.2, 0) is 13.2 Å². The molecule has 27 heavy (non-hydrogen) atoms. The molecule has 0 radical (unpaired) electrons. The van der Waals surface area contributed by atoms with Crippen LogP contribution < -0.4 is 10.1 Å². The zero-order chi connectivity index (χ0) is 18.4. The number of ether oxygens (including phenoxy) is 1. The van der Waals surface area contributed by atoms with Crippen LogP contribution in [0.15, 0.2) is 40.9 Å². The molecule has 6 heteroatoms. The third kappa shape index (κ3) is 7.14. The van der Waals surface area contributed by atoms with Gasteiger partial charge in [-0.05, 0) is 43.2 Å². The minimum absolute atomic E-state index is 0. The van der Waals surface area contributed by atoms with E-state index in [-0.39, 0.29) is 12.4 Å². The molecule has 2 aromatic rings. The Kier molecular flexibility index (Phi) is 9.75. The van der Waals surface area contributed by atoms with Gasteiger partial charge >= 0.3 is 0 Å². The molecular weight excluding hydrogens is 469 g/mol. The van der Waals surface area contributed by atoms with E-state index >= 15 is 0 Å². The molecular formula is C21H25BrCl3NO. The quantitative estimate of drug-likeness (QED) is 0.419. The zero-order valence-corrected chi connectivity index (χ0v) is 19.1. The van der Waals surface area contributed by atoms with E-state index in [9.17, 15) is 0 Å². The van der Waals surface area contributed by atoms with Gasteiger partial charge in [0.15, 0.2) is 0 Å². The molecule has 0 atom stereocenters. The van der Waals surface area contributed by atoms with Crippen molar-refractivity contribution in [2.75, 3.05) is 0 Å². The first-order chi connectivity index (χ1) is 12.6. The first kappa shape index (κ1) is 22.8. The highest BCUT2D eigenvalue weighted by atomic mass is 79.9. The summed E-state index contributed by atoms with van der Waals surface area (Å²) in [6.45, 7) is 1.24. The van der Waals surface area contributed by atoms with E-state index in [0.717, 1.165) is 27.9 Å². The van der Waals surface area contributed by atoms with Gasteiger partial charge in [0.2, 0.25) is 0 Å². The molecule has 0 spiro atoms. The first-order valence-corrected chi connectivity index (χ1v) is 10.8. The number of nitrogens with one attached hydrogen (secondary N) is 1. The summed E-state index contributed by atoms with van der Waals surface area (Å²) in [6, 6.07) is 12.2. The first-order valence-electron chi connectivity index (χ1n) is 9.20. The zero-order valence-electron chi connectivity index (χ0n) is 15.1. The second kappa shape index (κ2) is 11.5. The van der Waals surface area contributed by atoms with Crippen molar-refractivity contribution in [3.63, 3.8) is 0 Å². The van der Waals surface area contributed by atoms with Gasteiger partial charge in [-0.2, -0.15) is 0 Å². The minimum Gasteiger partial charge on any atom is -0.489 e. The maximum atomic E-state index is 6.25. The summed E-state index contributed by atoms with van der Waals surface area (Å²) < 4.78 is 7.14. The molecule has 0 heterocycles. The molecule has 2 aromatic carbocycles. The van der Waals surface area contributed by atoms with Crippen LogP contribution in [0.2, 0.25) is 10.0 Å². The van der Waals surface area contributed by atoms with Gasteiger partial charge < -0.3 is 10.1 Å². The summed E-state index contributed by atoms with van der Waals surface area (Å²) in [4.78, 5) is 0. The Hall–Kier alpha value is -0.450. The van der Waals surface area contributed by atoms with Crippen LogP contribution in [0.25, 0.3) is 0 Å².